The number of fused-ring (bicyclic) bond motifs is 1. The van der Waals surface area contributed by atoms with Crippen molar-refractivity contribution in [2.45, 2.75) is 17.7 Å². The van der Waals surface area contributed by atoms with Gasteiger partial charge in [-0.3, -0.25) is 0 Å². The zero-order valence-corrected chi connectivity index (χ0v) is 11.8. The maximum atomic E-state index is 6.40. The van der Waals surface area contributed by atoms with Gasteiger partial charge in [-0.25, -0.2) is 0 Å². The second-order valence-corrected chi connectivity index (χ2v) is 5.92. The van der Waals surface area contributed by atoms with E-state index in [9.17, 15) is 0 Å². The van der Waals surface area contributed by atoms with Crippen LogP contribution in [0.25, 0.3) is 0 Å². The summed E-state index contributed by atoms with van der Waals surface area (Å²) in [6.07, 6.45) is 0.891. The lowest BCUT2D eigenvalue weighted by Crippen LogP contribution is -1.97. The topological polar surface area (TPSA) is 0 Å². The normalized spacial score (nSPS) is 21.9. The third-order valence-electron chi connectivity index (χ3n) is 3.49. The van der Waals surface area contributed by atoms with Gasteiger partial charge in [0.25, 0.3) is 0 Å². The molecule has 0 unspecified atom stereocenters. The van der Waals surface area contributed by atoms with Crippen molar-refractivity contribution in [2.24, 2.45) is 0 Å². The van der Waals surface area contributed by atoms with E-state index in [0.29, 0.717) is 10.0 Å². The molecule has 0 saturated heterocycles. The van der Waals surface area contributed by atoms with Crippen molar-refractivity contribution < 1.29 is 0 Å². The molecule has 0 heterocycles. The molecule has 0 bridgehead atoms. The Morgan fingerprint density at radius 1 is 0.889 bits per heavy atom. The van der Waals surface area contributed by atoms with Crippen molar-refractivity contribution in [1.29, 1.82) is 0 Å². The Morgan fingerprint density at radius 2 is 1.61 bits per heavy atom. The number of rotatable bonds is 1. The van der Waals surface area contributed by atoms with E-state index in [1.165, 1.54) is 11.1 Å². The highest BCUT2D eigenvalue weighted by atomic mass is 35.5. The molecule has 0 fully saturated rings. The maximum Gasteiger partial charge on any atom is 0.0597 e. The highest BCUT2D eigenvalue weighted by Crippen LogP contribution is 2.48. The molecular formula is C15H11Cl3. The van der Waals surface area contributed by atoms with Crippen LogP contribution in [0.3, 0.4) is 0 Å². The molecule has 2 aromatic carbocycles. The van der Waals surface area contributed by atoms with Crippen molar-refractivity contribution in [3.05, 3.63) is 69.2 Å². The average molecular weight is 298 g/mol. The Hall–Kier alpha value is -0.690. The molecule has 0 N–H and O–H groups in total. The standard InChI is InChI=1S/C15H11Cl3/c16-9-5-6-12(14(17)7-9)13-8-15(18)11-4-2-1-3-10(11)13/h1-7,13,15H,8H2/t13-,15-/m1/s1. The van der Waals surface area contributed by atoms with Crippen LogP contribution in [0.5, 0.6) is 0 Å². The molecule has 3 heteroatoms. The summed E-state index contributed by atoms with van der Waals surface area (Å²) in [4.78, 5) is 0. The van der Waals surface area contributed by atoms with Gasteiger partial charge in [0.1, 0.15) is 0 Å². The molecule has 1 aliphatic carbocycles. The van der Waals surface area contributed by atoms with Gasteiger partial charge in [-0.05, 0) is 35.2 Å². The fraction of sp³-hybridized carbons (Fsp3) is 0.200. The van der Waals surface area contributed by atoms with Gasteiger partial charge in [0.15, 0.2) is 0 Å². The lowest BCUT2D eigenvalue weighted by Gasteiger charge is -2.14. The summed E-state index contributed by atoms with van der Waals surface area (Å²) < 4.78 is 0. The quantitative estimate of drug-likeness (QED) is 0.583. The Labute approximate surface area is 121 Å². The van der Waals surface area contributed by atoms with E-state index in [0.717, 1.165) is 12.0 Å². The first kappa shape index (κ1) is 12.3. The number of alkyl halides is 1. The molecule has 0 spiro atoms. The van der Waals surface area contributed by atoms with Gasteiger partial charge in [-0.15, -0.1) is 11.6 Å². The highest BCUT2D eigenvalue weighted by molar-refractivity contribution is 6.35. The first-order chi connectivity index (χ1) is 8.66. The minimum absolute atomic E-state index is 0.0675. The summed E-state index contributed by atoms with van der Waals surface area (Å²) in [7, 11) is 0. The molecule has 0 aromatic heterocycles. The van der Waals surface area contributed by atoms with Gasteiger partial charge in [0.2, 0.25) is 0 Å². The van der Waals surface area contributed by atoms with Crippen LogP contribution >= 0.6 is 34.8 Å². The zero-order chi connectivity index (χ0) is 12.7. The number of hydrogen-bond donors (Lipinski definition) is 0. The molecule has 18 heavy (non-hydrogen) atoms. The minimum Gasteiger partial charge on any atom is -0.118 e. The minimum atomic E-state index is 0.0675. The van der Waals surface area contributed by atoms with Gasteiger partial charge in [-0.1, -0.05) is 53.5 Å². The Kier molecular flexibility index (Phi) is 3.27. The monoisotopic (exact) mass is 296 g/mol. The summed E-state index contributed by atoms with van der Waals surface area (Å²) in [6, 6.07) is 14.0. The lowest BCUT2D eigenvalue weighted by atomic mass is 9.93. The van der Waals surface area contributed by atoms with E-state index in [4.69, 9.17) is 34.8 Å². The SMILES string of the molecule is Clc1ccc([C@@H]2C[C@@H](Cl)c3ccccc32)c(Cl)c1. The number of hydrogen-bond acceptors (Lipinski definition) is 0. The molecule has 92 valence electrons. The summed E-state index contributed by atoms with van der Waals surface area (Å²) >= 11 is 18.6. The van der Waals surface area contributed by atoms with Crippen LogP contribution in [0, 0.1) is 0 Å². The lowest BCUT2D eigenvalue weighted by molar-refractivity contribution is 0.771. The van der Waals surface area contributed by atoms with Crippen molar-refractivity contribution in [3.63, 3.8) is 0 Å². The third-order valence-corrected chi connectivity index (χ3v) is 4.47. The third kappa shape index (κ3) is 2.03. The zero-order valence-electron chi connectivity index (χ0n) is 9.54. The summed E-state index contributed by atoms with van der Waals surface area (Å²) in [5, 5.41) is 1.45. The Bertz CT molecular complexity index is 592. The van der Waals surface area contributed by atoms with Gasteiger partial charge in [0, 0.05) is 16.0 Å². The van der Waals surface area contributed by atoms with Crippen LogP contribution in [0.2, 0.25) is 10.0 Å². The Balaban J connectivity index is 2.09. The van der Waals surface area contributed by atoms with Crippen LogP contribution < -0.4 is 0 Å². The molecule has 0 aliphatic heterocycles. The maximum absolute atomic E-state index is 6.40. The predicted octanol–water partition coefficient (Wildman–Crippen LogP) is 5.81. The van der Waals surface area contributed by atoms with E-state index in [2.05, 4.69) is 12.1 Å². The molecule has 2 aromatic rings. The molecule has 1 aliphatic rings. The molecule has 3 rings (SSSR count). The van der Waals surface area contributed by atoms with Crippen molar-refractivity contribution in [1.82, 2.24) is 0 Å². The smallest absolute Gasteiger partial charge is 0.0597 e. The summed E-state index contributed by atoms with van der Waals surface area (Å²) in [5.74, 6) is 0.272. The molecule has 0 amide bonds. The van der Waals surface area contributed by atoms with Gasteiger partial charge < -0.3 is 0 Å². The van der Waals surface area contributed by atoms with E-state index in [-0.39, 0.29) is 11.3 Å². The van der Waals surface area contributed by atoms with Crippen LogP contribution in [-0.2, 0) is 0 Å². The second-order valence-electron chi connectivity index (χ2n) is 4.55. The molecule has 0 radical (unpaired) electrons. The van der Waals surface area contributed by atoms with Gasteiger partial charge in [0.05, 0.1) is 5.38 Å². The van der Waals surface area contributed by atoms with E-state index in [1.54, 1.807) is 6.07 Å². The van der Waals surface area contributed by atoms with Crippen LogP contribution in [0.15, 0.2) is 42.5 Å². The van der Waals surface area contributed by atoms with E-state index in [1.807, 2.05) is 24.3 Å². The fourth-order valence-corrected chi connectivity index (χ4v) is 3.57. The Morgan fingerprint density at radius 3 is 2.33 bits per heavy atom. The fourth-order valence-electron chi connectivity index (χ4n) is 2.65. The van der Waals surface area contributed by atoms with Crippen molar-refractivity contribution in [2.75, 3.05) is 0 Å². The molecule has 0 nitrogen and oxygen atoms in total. The van der Waals surface area contributed by atoms with Gasteiger partial charge in [-0.2, -0.15) is 0 Å². The second kappa shape index (κ2) is 4.77. The van der Waals surface area contributed by atoms with Crippen molar-refractivity contribution >= 4 is 34.8 Å². The first-order valence-corrected chi connectivity index (χ1v) is 7.04. The molecule has 0 saturated carbocycles. The van der Waals surface area contributed by atoms with Crippen molar-refractivity contribution in [3.8, 4) is 0 Å². The molecular weight excluding hydrogens is 287 g/mol. The summed E-state index contributed by atoms with van der Waals surface area (Å²) in [6.45, 7) is 0. The first-order valence-electron chi connectivity index (χ1n) is 5.84. The number of halogens is 3. The van der Waals surface area contributed by atoms with Crippen LogP contribution in [-0.4, -0.2) is 0 Å². The number of benzene rings is 2. The van der Waals surface area contributed by atoms with E-state index >= 15 is 0 Å². The molecule has 2 atom stereocenters. The van der Waals surface area contributed by atoms with Gasteiger partial charge >= 0.3 is 0 Å². The van der Waals surface area contributed by atoms with E-state index < -0.39 is 0 Å². The van der Waals surface area contributed by atoms with Crippen LogP contribution in [0.4, 0.5) is 0 Å². The average Bonchev–Trinajstić information content (AvgIpc) is 2.68. The predicted molar refractivity (Wildman–Crippen MR) is 78.0 cm³/mol. The largest absolute Gasteiger partial charge is 0.118 e. The summed E-state index contributed by atoms with van der Waals surface area (Å²) in [5.41, 5.74) is 3.61. The highest BCUT2D eigenvalue weighted by Gasteiger charge is 2.31. The van der Waals surface area contributed by atoms with Crippen LogP contribution in [0.1, 0.15) is 34.4 Å².